The normalized spacial score (nSPS) is 14.8. The zero-order valence-corrected chi connectivity index (χ0v) is 14.9. The number of carbonyl (C=O) groups excluding carboxylic acids is 2. The largest absolute Gasteiger partial charge is 0.465 e. The third-order valence-electron chi connectivity index (χ3n) is 4.52. The van der Waals surface area contributed by atoms with Crippen molar-refractivity contribution < 1.29 is 14.3 Å². The highest BCUT2D eigenvalue weighted by Crippen LogP contribution is 2.21. The Morgan fingerprint density at radius 2 is 1.92 bits per heavy atom. The van der Waals surface area contributed by atoms with Gasteiger partial charge in [0, 0.05) is 19.3 Å². The van der Waals surface area contributed by atoms with Crippen molar-refractivity contribution in [3.05, 3.63) is 47.8 Å². The van der Waals surface area contributed by atoms with Gasteiger partial charge in [-0.25, -0.2) is 14.8 Å². The quantitative estimate of drug-likeness (QED) is 0.850. The first-order chi connectivity index (χ1) is 12.6. The molecule has 1 amide bonds. The van der Waals surface area contributed by atoms with Crippen LogP contribution in [0.5, 0.6) is 0 Å². The van der Waals surface area contributed by atoms with E-state index in [0.29, 0.717) is 23.1 Å². The third-order valence-corrected chi connectivity index (χ3v) is 4.52. The summed E-state index contributed by atoms with van der Waals surface area (Å²) in [6, 6.07) is 8.26. The van der Waals surface area contributed by atoms with Crippen LogP contribution in [0.4, 0.5) is 11.6 Å². The van der Waals surface area contributed by atoms with Crippen LogP contribution in [0.15, 0.2) is 36.5 Å². The van der Waals surface area contributed by atoms with Gasteiger partial charge in [0.05, 0.1) is 18.4 Å². The van der Waals surface area contributed by atoms with E-state index in [9.17, 15) is 9.59 Å². The summed E-state index contributed by atoms with van der Waals surface area (Å²) in [5, 5.41) is 2.73. The van der Waals surface area contributed by atoms with E-state index in [0.717, 1.165) is 25.9 Å². The molecule has 1 aliphatic heterocycles. The Morgan fingerprint density at radius 3 is 2.65 bits per heavy atom. The van der Waals surface area contributed by atoms with Crippen molar-refractivity contribution in [1.82, 2.24) is 9.97 Å². The van der Waals surface area contributed by atoms with Gasteiger partial charge in [0.25, 0.3) is 5.91 Å². The molecule has 0 spiro atoms. The number of ether oxygens (including phenoxy) is 1. The van der Waals surface area contributed by atoms with E-state index >= 15 is 0 Å². The fraction of sp³-hybridized carbons (Fsp3) is 0.368. The van der Waals surface area contributed by atoms with Gasteiger partial charge >= 0.3 is 5.97 Å². The number of esters is 1. The van der Waals surface area contributed by atoms with E-state index in [-0.39, 0.29) is 5.69 Å². The second kappa shape index (κ2) is 7.95. The number of nitrogens with zero attached hydrogens (tertiary/aromatic N) is 3. The molecule has 1 aliphatic rings. The van der Waals surface area contributed by atoms with Crippen molar-refractivity contribution in [2.45, 2.75) is 19.8 Å². The number of rotatable bonds is 4. The Hall–Kier alpha value is -2.96. The molecule has 0 bridgehead atoms. The molecule has 1 N–H and O–H groups in total. The van der Waals surface area contributed by atoms with Crippen LogP contribution < -0.4 is 10.2 Å². The van der Waals surface area contributed by atoms with E-state index in [1.807, 2.05) is 0 Å². The number of carbonyl (C=O) groups is 2. The van der Waals surface area contributed by atoms with Crippen molar-refractivity contribution in [3.63, 3.8) is 0 Å². The fourth-order valence-corrected chi connectivity index (χ4v) is 2.90. The maximum atomic E-state index is 12.6. The second-order valence-corrected chi connectivity index (χ2v) is 6.40. The van der Waals surface area contributed by atoms with Crippen LogP contribution in [0, 0.1) is 5.92 Å². The maximum absolute atomic E-state index is 12.6. The maximum Gasteiger partial charge on any atom is 0.339 e. The zero-order valence-electron chi connectivity index (χ0n) is 14.9. The first-order valence-electron chi connectivity index (χ1n) is 8.65. The minimum Gasteiger partial charge on any atom is -0.465 e. The predicted molar refractivity (Wildman–Crippen MR) is 98.4 cm³/mol. The van der Waals surface area contributed by atoms with Crippen molar-refractivity contribution in [2.75, 3.05) is 30.4 Å². The molecule has 0 aliphatic carbocycles. The summed E-state index contributed by atoms with van der Waals surface area (Å²) < 4.78 is 4.75. The average Bonchev–Trinajstić information content (AvgIpc) is 2.68. The van der Waals surface area contributed by atoms with Crippen molar-refractivity contribution in [2.24, 2.45) is 5.92 Å². The monoisotopic (exact) mass is 354 g/mol. The van der Waals surface area contributed by atoms with Crippen molar-refractivity contribution in [3.8, 4) is 0 Å². The van der Waals surface area contributed by atoms with Crippen molar-refractivity contribution >= 4 is 23.5 Å². The number of benzene rings is 1. The summed E-state index contributed by atoms with van der Waals surface area (Å²) in [4.78, 5) is 35.2. The first kappa shape index (κ1) is 17.8. The third kappa shape index (κ3) is 3.99. The molecule has 1 aromatic carbocycles. The second-order valence-electron chi connectivity index (χ2n) is 6.40. The van der Waals surface area contributed by atoms with E-state index in [2.05, 4.69) is 27.1 Å². The average molecular weight is 354 g/mol. The predicted octanol–water partition coefficient (Wildman–Crippen LogP) is 2.75. The number of amides is 1. The number of hydrogen-bond acceptors (Lipinski definition) is 6. The van der Waals surface area contributed by atoms with Gasteiger partial charge in [0.2, 0.25) is 5.95 Å². The number of methoxy groups -OCH3 is 1. The van der Waals surface area contributed by atoms with Crippen LogP contribution in [0.25, 0.3) is 0 Å². The molecule has 2 aromatic rings. The molecule has 1 fully saturated rings. The molecule has 0 unspecified atom stereocenters. The van der Waals surface area contributed by atoms with Gasteiger partial charge in [-0.05, 0) is 37.0 Å². The van der Waals surface area contributed by atoms with Crippen molar-refractivity contribution in [1.29, 1.82) is 0 Å². The number of para-hydroxylation sites is 1. The molecule has 0 radical (unpaired) electrons. The molecule has 26 heavy (non-hydrogen) atoms. The van der Waals surface area contributed by atoms with Gasteiger partial charge < -0.3 is 15.0 Å². The van der Waals surface area contributed by atoms with Gasteiger partial charge in [0.15, 0.2) is 0 Å². The molecule has 2 heterocycles. The Bertz CT molecular complexity index is 801. The molecule has 1 aromatic heterocycles. The molecule has 3 rings (SSSR count). The lowest BCUT2D eigenvalue weighted by Crippen LogP contribution is -2.34. The molecular weight excluding hydrogens is 332 g/mol. The van der Waals surface area contributed by atoms with E-state index in [4.69, 9.17) is 4.74 Å². The molecule has 0 saturated carbocycles. The Balaban J connectivity index is 1.77. The lowest BCUT2D eigenvalue weighted by atomic mass is 10.00. The van der Waals surface area contributed by atoms with Gasteiger partial charge in [-0.2, -0.15) is 0 Å². The highest BCUT2D eigenvalue weighted by atomic mass is 16.5. The summed E-state index contributed by atoms with van der Waals surface area (Å²) >= 11 is 0. The van der Waals surface area contributed by atoms with E-state index in [1.54, 1.807) is 36.5 Å². The standard InChI is InChI=1S/C19H22N4O3/c1-13-8-11-23(12-9-13)19-20-10-7-16(22-19)17(24)21-15-6-4-3-5-14(15)18(25)26-2/h3-7,10,13H,8-9,11-12H2,1-2H3,(H,21,24). The molecular formula is C19H22N4O3. The summed E-state index contributed by atoms with van der Waals surface area (Å²) in [6.07, 6.45) is 3.76. The number of nitrogens with one attached hydrogen (secondary N) is 1. The van der Waals surface area contributed by atoms with Gasteiger partial charge in [0.1, 0.15) is 5.69 Å². The fourth-order valence-electron chi connectivity index (χ4n) is 2.90. The number of anilines is 2. The minimum absolute atomic E-state index is 0.258. The van der Waals surface area contributed by atoms with Crippen LogP contribution in [0.2, 0.25) is 0 Å². The molecule has 7 heteroatoms. The van der Waals surface area contributed by atoms with E-state index < -0.39 is 11.9 Å². The summed E-state index contributed by atoms with van der Waals surface area (Å²) in [5.74, 6) is 0.362. The lowest BCUT2D eigenvalue weighted by molar-refractivity contribution is 0.0602. The Morgan fingerprint density at radius 1 is 1.19 bits per heavy atom. The highest BCUT2D eigenvalue weighted by molar-refractivity contribution is 6.07. The summed E-state index contributed by atoms with van der Waals surface area (Å²) in [6.45, 7) is 4.01. The van der Waals surface area contributed by atoms with Gasteiger partial charge in [-0.15, -0.1) is 0 Å². The molecule has 1 saturated heterocycles. The Kier molecular flexibility index (Phi) is 5.46. The molecule has 136 valence electrons. The van der Waals surface area contributed by atoms with E-state index in [1.165, 1.54) is 7.11 Å². The smallest absolute Gasteiger partial charge is 0.339 e. The minimum atomic E-state index is -0.508. The van der Waals surface area contributed by atoms with Crippen LogP contribution in [0.3, 0.4) is 0 Å². The zero-order chi connectivity index (χ0) is 18.5. The van der Waals surface area contributed by atoms with Crippen LogP contribution in [-0.2, 0) is 4.74 Å². The SMILES string of the molecule is COC(=O)c1ccccc1NC(=O)c1ccnc(N2CCC(C)CC2)n1. The highest BCUT2D eigenvalue weighted by Gasteiger charge is 2.20. The lowest BCUT2D eigenvalue weighted by Gasteiger charge is -2.30. The summed E-state index contributed by atoms with van der Waals surface area (Å²) in [5.41, 5.74) is 0.937. The number of hydrogen-bond donors (Lipinski definition) is 1. The van der Waals surface area contributed by atoms with Gasteiger partial charge in [-0.3, -0.25) is 4.79 Å². The van der Waals surface area contributed by atoms with Gasteiger partial charge in [-0.1, -0.05) is 19.1 Å². The molecule has 7 nitrogen and oxygen atoms in total. The number of aromatic nitrogens is 2. The van der Waals surface area contributed by atoms with Crippen LogP contribution in [-0.4, -0.2) is 42.0 Å². The van der Waals surface area contributed by atoms with Crippen LogP contribution >= 0.6 is 0 Å². The number of piperidine rings is 1. The topological polar surface area (TPSA) is 84.4 Å². The van der Waals surface area contributed by atoms with Crippen LogP contribution in [0.1, 0.15) is 40.6 Å². The summed E-state index contributed by atoms with van der Waals surface area (Å²) in [7, 11) is 1.30. The Labute approximate surface area is 152 Å². The first-order valence-corrected chi connectivity index (χ1v) is 8.65. The molecule has 0 atom stereocenters.